The molecule has 1 amide bonds. The highest BCUT2D eigenvalue weighted by Crippen LogP contribution is 2.30. The molecule has 23 heavy (non-hydrogen) atoms. The van der Waals surface area contributed by atoms with Crippen molar-refractivity contribution in [3.8, 4) is 11.4 Å². The van der Waals surface area contributed by atoms with Crippen LogP contribution in [0.15, 0.2) is 35.8 Å². The maximum atomic E-state index is 12.6. The third-order valence-electron chi connectivity index (χ3n) is 4.01. The molecule has 0 aliphatic rings. The lowest BCUT2D eigenvalue weighted by molar-refractivity contribution is 0.0804. The molecule has 0 radical (unpaired) electrons. The zero-order valence-electron chi connectivity index (χ0n) is 13.9. The molecule has 0 N–H and O–H groups in total. The van der Waals surface area contributed by atoms with E-state index in [1.54, 1.807) is 16.2 Å². The molecule has 0 spiro atoms. The average Bonchev–Trinajstić information content (AvgIpc) is 3.18. The smallest absolute Gasteiger partial charge is 0.255 e. The van der Waals surface area contributed by atoms with Crippen LogP contribution in [0.25, 0.3) is 16.9 Å². The van der Waals surface area contributed by atoms with Crippen LogP contribution in [-0.4, -0.2) is 33.8 Å². The van der Waals surface area contributed by atoms with Gasteiger partial charge in [0.1, 0.15) is 0 Å². The van der Waals surface area contributed by atoms with Crippen molar-refractivity contribution in [3.05, 3.63) is 46.4 Å². The quantitative estimate of drug-likeness (QED) is 0.717. The van der Waals surface area contributed by atoms with Crippen molar-refractivity contribution < 1.29 is 4.79 Å². The fourth-order valence-corrected chi connectivity index (χ4v) is 3.37. The van der Waals surface area contributed by atoms with Crippen LogP contribution < -0.4 is 0 Å². The molecule has 0 fully saturated rings. The Bertz CT molecular complexity index is 847. The molecule has 3 aromatic heterocycles. The third-order valence-corrected chi connectivity index (χ3v) is 5.15. The van der Waals surface area contributed by atoms with Crippen molar-refractivity contribution in [2.24, 2.45) is 0 Å². The molecule has 3 rings (SSSR count). The maximum Gasteiger partial charge on any atom is 0.255 e. The van der Waals surface area contributed by atoms with Crippen LogP contribution in [0.3, 0.4) is 0 Å². The molecular formula is C18H21N3OS. The third kappa shape index (κ3) is 2.77. The summed E-state index contributed by atoms with van der Waals surface area (Å²) >= 11 is 1.67. The van der Waals surface area contributed by atoms with Crippen molar-refractivity contribution in [2.75, 3.05) is 13.6 Å². The van der Waals surface area contributed by atoms with E-state index in [0.717, 1.165) is 27.5 Å². The van der Waals surface area contributed by atoms with Gasteiger partial charge in [-0.1, -0.05) is 19.9 Å². The molecule has 3 aromatic rings. The van der Waals surface area contributed by atoms with E-state index in [2.05, 4.69) is 23.6 Å². The Hall–Kier alpha value is -2.14. The predicted octanol–water partition coefficient (Wildman–Crippen LogP) is 4.28. The number of nitrogens with zero attached hydrogens (tertiary/aromatic N) is 3. The summed E-state index contributed by atoms with van der Waals surface area (Å²) in [4.78, 5) is 19.1. The second kappa shape index (κ2) is 6.16. The number of carbonyl (C=O) groups is 1. The van der Waals surface area contributed by atoms with Gasteiger partial charge in [0.15, 0.2) is 0 Å². The van der Waals surface area contributed by atoms with Gasteiger partial charge in [-0.3, -0.25) is 4.79 Å². The lowest BCUT2D eigenvalue weighted by Gasteiger charge is -2.13. The average molecular weight is 327 g/mol. The fourth-order valence-electron chi connectivity index (χ4n) is 2.54. The van der Waals surface area contributed by atoms with E-state index in [1.807, 2.05) is 44.4 Å². The number of pyridine rings is 1. The summed E-state index contributed by atoms with van der Waals surface area (Å²) in [5.41, 5.74) is 3.55. The molecule has 0 saturated carbocycles. The molecular weight excluding hydrogens is 306 g/mol. The largest absolute Gasteiger partial charge is 0.342 e. The number of hydrogen-bond acceptors (Lipinski definition) is 3. The summed E-state index contributed by atoms with van der Waals surface area (Å²) in [5.74, 6) is 0.453. The molecule has 5 heteroatoms. The van der Waals surface area contributed by atoms with E-state index in [9.17, 15) is 4.79 Å². The summed E-state index contributed by atoms with van der Waals surface area (Å²) < 4.78 is 2.05. The number of carbonyl (C=O) groups excluding carboxylic acids is 1. The first-order valence-electron chi connectivity index (χ1n) is 7.84. The van der Waals surface area contributed by atoms with Gasteiger partial charge in [0.05, 0.1) is 27.5 Å². The monoisotopic (exact) mass is 327 g/mol. The van der Waals surface area contributed by atoms with Crippen LogP contribution in [0, 0.1) is 0 Å². The second-order valence-corrected chi connectivity index (χ2v) is 6.83. The van der Waals surface area contributed by atoms with Crippen LogP contribution in [0.5, 0.6) is 0 Å². The van der Waals surface area contributed by atoms with Gasteiger partial charge in [-0.25, -0.2) is 4.98 Å². The number of amides is 1. The van der Waals surface area contributed by atoms with Crippen molar-refractivity contribution in [1.82, 2.24) is 14.3 Å². The number of hydrogen-bond donors (Lipinski definition) is 0. The van der Waals surface area contributed by atoms with E-state index in [0.29, 0.717) is 12.5 Å². The standard InChI is InChI=1S/C18H21N3OS/c1-5-20(4)18(22)13-10-16(21-9-7-6-8-15(13)21)14-11-23-17(19-14)12(2)3/h6-12H,5H2,1-4H3. The Morgan fingerprint density at radius 1 is 1.39 bits per heavy atom. The van der Waals surface area contributed by atoms with Crippen LogP contribution in [-0.2, 0) is 0 Å². The van der Waals surface area contributed by atoms with Gasteiger partial charge in [0, 0.05) is 31.1 Å². The highest BCUT2D eigenvalue weighted by Gasteiger charge is 2.20. The molecule has 0 aromatic carbocycles. The van der Waals surface area contributed by atoms with Crippen LogP contribution in [0.1, 0.15) is 42.1 Å². The summed E-state index contributed by atoms with van der Waals surface area (Å²) in [7, 11) is 1.83. The second-order valence-electron chi connectivity index (χ2n) is 5.94. The van der Waals surface area contributed by atoms with E-state index in [1.165, 1.54) is 0 Å². The lowest BCUT2D eigenvalue weighted by atomic mass is 10.2. The summed E-state index contributed by atoms with van der Waals surface area (Å²) in [5, 5.41) is 3.19. The van der Waals surface area contributed by atoms with Crippen LogP contribution in [0.2, 0.25) is 0 Å². The van der Waals surface area contributed by atoms with E-state index < -0.39 is 0 Å². The van der Waals surface area contributed by atoms with Crippen LogP contribution >= 0.6 is 11.3 Å². The Morgan fingerprint density at radius 3 is 2.83 bits per heavy atom. The number of rotatable bonds is 4. The van der Waals surface area contributed by atoms with Gasteiger partial charge < -0.3 is 9.30 Å². The van der Waals surface area contributed by atoms with Crippen LogP contribution in [0.4, 0.5) is 0 Å². The Labute approximate surface area is 140 Å². The summed E-state index contributed by atoms with van der Waals surface area (Å²) in [6.45, 7) is 6.95. The predicted molar refractivity (Wildman–Crippen MR) is 95.2 cm³/mol. The molecule has 0 aliphatic carbocycles. The molecule has 0 saturated heterocycles. The minimum atomic E-state index is 0.0433. The number of fused-ring (bicyclic) bond motifs is 1. The van der Waals surface area contributed by atoms with E-state index >= 15 is 0 Å². The first-order valence-corrected chi connectivity index (χ1v) is 8.72. The fraction of sp³-hybridized carbons (Fsp3) is 0.333. The van der Waals surface area contributed by atoms with Crippen molar-refractivity contribution in [3.63, 3.8) is 0 Å². The van der Waals surface area contributed by atoms with Crippen molar-refractivity contribution in [1.29, 1.82) is 0 Å². The van der Waals surface area contributed by atoms with Gasteiger partial charge in [-0.15, -0.1) is 11.3 Å². The van der Waals surface area contributed by atoms with Gasteiger partial charge in [-0.2, -0.15) is 0 Å². The minimum Gasteiger partial charge on any atom is -0.342 e. The molecule has 0 bridgehead atoms. The molecule has 120 valence electrons. The lowest BCUT2D eigenvalue weighted by Crippen LogP contribution is -2.25. The topological polar surface area (TPSA) is 37.6 Å². The zero-order chi connectivity index (χ0) is 16.6. The summed E-state index contributed by atoms with van der Waals surface area (Å²) in [6, 6.07) is 7.88. The molecule has 0 atom stereocenters. The highest BCUT2D eigenvalue weighted by molar-refractivity contribution is 7.10. The van der Waals surface area contributed by atoms with E-state index in [4.69, 9.17) is 4.98 Å². The molecule has 3 heterocycles. The molecule has 0 aliphatic heterocycles. The van der Waals surface area contributed by atoms with Gasteiger partial charge in [-0.05, 0) is 25.1 Å². The molecule has 0 unspecified atom stereocenters. The Morgan fingerprint density at radius 2 is 2.17 bits per heavy atom. The number of aromatic nitrogens is 2. The maximum absolute atomic E-state index is 12.6. The SMILES string of the molecule is CCN(C)C(=O)c1cc(-c2csc(C(C)C)n2)n2ccccc12. The Kier molecular flexibility index (Phi) is 4.22. The van der Waals surface area contributed by atoms with E-state index in [-0.39, 0.29) is 5.91 Å². The highest BCUT2D eigenvalue weighted by atomic mass is 32.1. The number of thiazole rings is 1. The Balaban J connectivity index is 2.16. The molecule has 4 nitrogen and oxygen atoms in total. The van der Waals surface area contributed by atoms with Gasteiger partial charge in [0.25, 0.3) is 5.91 Å². The van der Waals surface area contributed by atoms with Gasteiger partial charge >= 0.3 is 0 Å². The summed E-state index contributed by atoms with van der Waals surface area (Å²) in [6.07, 6.45) is 1.99. The first-order chi connectivity index (χ1) is 11.0. The normalized spacial score (nSPS) is 11.3. The van der Waals surface area contributed by atoms with Crippen molar-refractivity contribution >= 4 is 22.8 Å². The zero-order valence-corrected chi connectivity index (χ0v) is 14.7. The van der Waals surface area contributed by atoms with Gasteiger partial charge in [0.2, 0.25) is 0 Å². The van der Waals surface area contributed by atoms with Crippen molar-refractivity contribution in [2.45, 2.75) is 26.7 Å². The minimum absolute atomic E-state index is 0.0433. The first kappa shape index (κ1) is 15.7.